The first-order valence-corrected chi connectivity index (χ1v) is 9.75. The van der Waals surface area contributed by atoms with Crippen molar-refractivity contribution < 1.29 is 18.7 Å². The number of hydrogen-bond donors (Lipinski definition) is 0. The standard InChI is InChI=1S/C20H20FN3O3S/c1-23(2)7-4-8-24(19(25)13-5-3-6-14(21)9-13)20-22-15-10-16-17(27-12-26-16)11-18(15)28-20/h3,5-6,9-11H,4,7-8,12H2,1-2H3. The molecule has 0 atom stereocenters. The lowest BCUT2D eigenvalue weighted by molar-refractivity contribution is 0.0985. The zero-order valence-electron chi connectivity index (χ0n) is 15.6. The Morgan fingerprint density at radius 2 is 1.96 bits per heavy atom. The van der Waals surface area contributed by atoms with Crippen LogP contribution in [0.3, 0.4) is 0 Å². The van der Waals surface area contributed by atoms with Gasteiger partial charge in [0.15, 0.2) is 16.6 Å². The second-order valence-corrected chi connectivity index (χ2v) is 7.80. The lowest BCUT2D eigenvalue weighted by Gasteiger charge is -2.21. The molecule has 1 aromatic heterocycles. The zero-order chi connectivity index (χ0) is 19.7. The molecule has 1 aliphatic rings. The summed E-state index contributed by atoms with van der Waals surface area (Å²) >= 11 is 1.41. The topological polar surface area (TPSA) is 54.9 Å². The van der Waals surface area contributed by atoms with Crippen molar-refractivity contribution in [2.24, 2.45) is 0 Å². The Labute approximate surface area is 166 Å². The van der Waals surface area contributed by atoms with Crippen LogP contribution in [0.2, 0.25) is 0 Å². The molecule has 0 saturated carbocycles. The van der Waals surface area contributed by atoms with Crippen LogP contribution >= 0.6 is 11.3 Å². The molecule has 1 amide bonds. The number of halogens is 1. The van der Waals surface area contributed by atoms with Gasteiger partial charge < -0.3 is 14.4 Å². The van der Waals surface area contributed by atoms with Crippen LogP contribution in [0.5, 0.6) is 11.5 Å². The van der Waals surface area contributed by atoms with Crippen molar-refractivity contribution in [3.63, 3.8) is 0 Å². The maximum atomic E-state index is 13.6. The molecule has 8 heteroatoms. The molecule has 6 nitrogen and oxygen atoms in total. The van der Waals surface area contributed by atoms with Crippen LogP contribution in [0.4, 0.5) is 9.52 Å². The lowest BCUT2D eigenvalue weighted by Crippen LogP contribution is -2.33. The molecule has 0 aliphatic carbocycles. The molecular formula is C20H20FN3O3S. The van der Waals surface area contributed by atoms with Gasteiger partial charge in [-0.1, -0.05) is 17.4 Å². The summed E-state index contributed by atoms with van der Waals surface area (Å²) in [6, 6.07) is 9.44. The number of amides is 1. The average molecular weight is 401 g/mol. The van der Waals surface area contributed by atoms with Crippen LogP contribution in [0.25, 0.3) is 10.2 Å². The van der Waals surface area contributed by atoms with Gasteiger partial charge in [0.05, 0.1) is 10.2 Å². The number of hydrogen-bond acceptors (Lipinski definition) is 6. The van der Waals surface area contributed by atoms with Gasteiger partial charge in [-0.25, -0.2) is 9.37 Å². The summed E-state index contributed by atoms with van der Waals surface area (Å²) < 4.78 is 25.4. The number of ether oxygens (including phenoxy) is 2. The van der Waals surface area contributed by atoms with E-state index in [1.54, 1.807) is 11.0 Å². The summed E-state index contributed by atoms with van der Waals surface area (Å²) in [6.45, 7) is 1.52. The molecule has 0 bridgehead atoms. The molecule has 28 heavy (non-hydrogen) atoms. The Morgan fingerprint density at radius 1 is 1.18 bits per heavy atom. The molecule has 0 radical (unpaired) electrons. The lowest BCUT2D eigenvalue weighted by atomic mass is 10.2. The SMILES string of the molecule is CN(C)CCCN(C(=O)c1cccc(F)c1)c1nc2cc3c(cc2s1)OCO3. The monoisotopic (exact) mass is 401 g/mol. The van der Waals surface area contributed by atoms with E-state index in [-0.39, 0.29) is 12.7 Å². The van der Waals surface area contributed by atoms with Gasteiger partial charge in [0, 0.05) is 24.2 Å². The second kappa shape index (κ2) is 7.73. The second-order valence-electron chi connectivity index (χ2n) is 6.79. The Bertz CT molecular complexity index is 980. The minimum absolute atomic E-state index is 0.203. The van der Waals surface area contributed by atoms with Crippen molar-refractivity contribution in [3.8, 4) is 11.5 Å². The first-order valence-electron chi connectivity index (χ1n) is 8.93. The summed E-state index contributed by atoms with van der Waals surface area (Å²) in [5, 5.41) is 0.576. The number of anilines is 1. The number of benzene rings is 2. The van der Waals surface area contributed by atoms with Gasteiger partial charge in [-0.05, 0) is 45.3 Å². The number of nitrogens with zero attached hydrogens (tertiary/aromatic N) is 3. The predicted octanol–water partition coefficient (Wildman–Crippen LogP) is 3.76. The van der Waals surface area contributed by atoms with Crippen LogP contribution in [-0.2, 0) is 0 Å². The number of rotatable bonds is 6. The highest BCUT2D eigenvalue weighted by Crippen LogP contribution is 2.40. The van der Waals surface area contributed by atoms with Crippen LogP contribution in [0.15, 0.2) is 36.4 Å². The smallest absolute Gasteiger partial charge is 0.260 e. The van der Waals surface area contributed by atoms with Crippen molar-refractivity contribution in [2.45, 2.75) is 6.42 Å². The van der Waals surface area contributed by atoms with Gasteiger partial charge >= 0.3 is 0 Å². The molecule has 2 aromatic carbocycles. The molecule has 4 rings (SSSR count). The number of fused-ring (bicyclic) bond motifs is 2. The number of carbonyl (C=O) groups excluding carboxylic acids is 1. The van der Waals surface area contributed by atoms with Gasteiger partial charge in [-0.3, -0.25) is 9.69 Å². The van der Waals surface area contributed by atoms with E-state index in [1.807, 2.05) is 26.2 Å². The van der Waals surface area contributed by atoms with Crippen LogP contribution in [0.1, 0.15) is 16.8 Å². The summed E-state index contributed by atoms with van der Waals surface area (Å²) in [5.41, 5.74) is 1.05. The highest BCUT2D eigenvalue weighted by Gasteiger charge is 2.23. The van der Waals surface area contributed by atoms with E-state index in [0.29, 0.717) is 28.7 Å². The average Bonchev–Trinajstić information content (AvgIpc) is 3.28. The van der Waals surface area contributed by atoms with Gasteiger partial charge in [0.2, 0.25) is 6.79 Å². The third-order valence-electron chi connectivity index (χ3n) is 4.41. The van der Waals surface area contributed by atoms with Crippen LogP contribution in [-0.4, -0.2) is 49.8 Å². The number of thiazole rings is 1. The quantitative estimate of drug-likeness (QED) is 0.630. The highest BCUT2D eigenvalue weighted by molar-refractivity contribution is 7.22. The van der Waals surface area contributed by atoms with Crippen LogP contribution < -0.4 is 14.4 Å². The van der Waals surface area contributed by atoms with Crippen molar-refractivity contribution in [1.82, 2.24) is 9.88 Å². The Kier molecular flexibility index (Phi) is 5.15. The molecule has 0 N–H and O–H groups in total. The Hall–Kier alpha value is -2.71. The largest absolute Gasteiger partial charge is 0.454 e. The van der Waals surface area contributed by atoms with Crippen molar-refractivity contribution >= 4 is 32.6 Å². The van der Waals surface area contributed by atoms with E-state index in [9.17, 15) is 9.18 Å². The third kappa shape index (κ3) is 3.79. The maximum Gasteiger partial charge on any atom is 0.260 e. The first-order chi connectivity index (χ1) is 13.5. The predicted molar refractivity (Wildman–Crippen MR) is 107 cm³/mol. The minimum atomic E-state index is -0.436. The van der Waals surface area contributed by atoms with Gasteiger partial charge in [0.25, 0.3) is 5.91 Å². The number of carbonyl (C=O) groups is 1. The summed E-state index contributed by atoms with van der Waals surface area (Å²) in [7, 11) is 3.97. The maximum absolute atomic E-state index is 13.6. The normalized spacial score (nSPS) is 12.7. The van der Waals surface area contributed by atoms with Gasteiger partial charge in [-0.15, -0.1) is 0 Å². The highest BCUT2D eigenvalue weighted by atomic mass is 32.1. The Balaban J connectivity index is 1.68. The molecule has 3 aromatic rings. The summed E-state index contributed by atoms with van der Waals surface area (Å²) in [4.78, 5) is 21.4. The van der Waals surface area contributed by atoms with E-state index in [4.69, 9.17) is 9.47 Å². The third-order valence-corrected chi connectivity index (χ3v) is 5.45. The molecule has 2 heterocycles. The summed E-state index contributed by atoms with van der Waals surface area (Å²) in [6.07, 6.45) is 0.771. The first kappa shape index (κ1) is 18.6. The molecule has 146 valence electrons. The fourth-order valence-corrected chi connectivity index (χ4v) is 4.03. The van der Waals surface area contributed by atoms with Crippen molar-refractivity contribution in [1.29, 1.82) is 0 Å². The van der Waals surface area contributed by atoms with E-state index in [0.717, 1.165) is 23.2 Å². The molecule has 1 aliphatic heterocycles. The molecular weight excluding hydrogens is 381 g/mol. The number of aromatic nitrogens is 1. The van der Waals surface area contributed by atoms with Gasteiger partial charge in [0.1, 0.15) is 5.82 Å². The molecule has 0 saturated heterocycles. The van der Waals surface area contributed by atoms with E-state index in [2.05, 4.69) is 9.88 Å². The summed E-state index contributed by atoms with van der Waals surface area (Å²) in [5.74, 6) is 0.629. The van der Waals surface area contributed by atoms with E-state index >= 15 is 0 Å². The zero-order valence-corrected chi connectivity index (χ0v) is 16.5. The van der Waals surface area contributed by atoms with E-state index < -0.39 is 5.82 Å². The van der Waals surface area contributed by atoms with E-state index in [1.165, 1.54) is 29.5 Å². The Morgan fingerprint density at radius 3 is 2.71 bits per heavy atom. The molecule has 0 spiro atoms. The van der Waals surface area contributed by atoms with Crippen molar-refractivity contribution in [2.75, 3.05) is 38.9 Å². The van der Waals surface area contributed by atoms with Crippen LogP contribution in [0, 0.1) is 5.82 Å². The minimum Gasteiger partial charge on any atom is -0.454 e. The van der Waals surface area contributed by atoms with Gasteiger partial charge in [-0.2, -0.15) is 0 Å². The fraction of sp³-hybridized carbons (Fsp3) is 0.300. The van der Waals surface area contributed by atoms with Crippen molar-refractivity contribution in [3.05, 3.63) is 47.8 Å². The molecule has 0 unspecified atom stereocenters. The fourth-order valence-electron chi connectivity index (χ4n) is 3.03. The molecule has 0 fully saturated rings.